The third kappa shape index (κ3) is 1.79. The molecule has 2 heterocycles. The van der Waals surface area contributed by atoms with E-state index in [1.807, 2.05) is 13.1 Å². The number of nitrogens with one attached hydrogen (secondary N) is 1. The fourth-order valence-electron chi connectivity index (χ4n) is 1.84. The number of aromatic amines is 1. The lowest BCUT2D eigenvalue weighted by atomic mass is 10.1. The standard InChI is InChI=1S/C11H15N3O/c1-8-10-9(14(2)11(15)13-10)6-4-3-5-7-12-8/h5,7H,3-4,6H2,1-2H3,(H,13,15)/b7-5+,12-8-. The van der Waals surface area contributed by atoms with Crippen LogP contribution in [-0.2, 0) is 13.5 Å². The number of hydrogen-bond donors (Lipinski definition) is 1. The molecule has 0 fully saturated rings. The fraction of sp³-hybridized carbons (Fsp3) is 0.455. The van der Waals surface area contributed by atoms with Gasteiger partial charge in [-0.2, -0.15) is 0 Å². The molecule has 0 aliphatic carbocycles. The first-order chi connectivity index (χ1) is 7.20. The summed E-state index contributed by atoms with van der Waals surface area (Å²) in [6.45, 7) is 1.92. The number of rotatable bonds is 0. The van der Waals surface area contributed by atoms with Gasteiger partial charge in [-0.05, 0) is 26.2 Å². The molecule has 0 aromatic carbocycles. The van der Waals surface area contributed by atoms with E-state index in [-0.39, 0.29) is 5.69 Å². The molecule has 0 radical (unpaired) electrons. The molecule has 0 amide bonds. The third-order valence-corrected chi connectivity index (χ3v) is 2.75. The molecule has 0 atom stereocenters. The van der Waals surface area contributed by atoms with Crippen molar-refractivity contribution in [2.45, 2.75) is 26.2 Å². The lowest BCUT2D eigenvalue weighted by molar-refractivity contribution is 0.740. The van der Waals surface area contributed by atoms with Gasteiger partial charge < -0.3 is 4.98 Å². The molecule has 0 bridgehead atoms. The summed E-state index contributed by atoms with van der Waals surface area (Å²) in [6.07, 6.45) is 6.86. The van der Waals surface area contributed by atoms with E-state index >= 15 is 0 Å². The van der Waals surface area contributed by atoms with E-state index in [0.29, 0.717) is 0 Å². The van der Waals surface area contributed by atoms with Crippen LogP contribution in [0, 0.1) is 0 Å². The highest BCUT2D eigenvalue weighted by Crippen LogP contribution is 2.11. The van der Waals surface area contributed by atoms with Crippen molar-refractivity contribution in [1.29, 1.82) is 0 Å². The number of aromatic nitrogens is 2. The van der Waals surface area contributed by atoms with Crippen molar-refractivity contribution < 1.29 is 0 Å². The van der Waals surface area contributed by atoms with E-state index < -0.39 is 0 Å². The zero-order chi connectivity index (χ0) is 10.8. The Morgan fingerprint density at radius 3 is 3.13 bits per heavy atom. The summed E-state index contributed by atoms with van der Waals surface area (Å²) in [5, 5.41) is 0. The van der Waals surface area contributed by atoms with Gasteiger partial charge in [-0.15, -0.1) is 0 Å². The van der Waals surface area contributed by atoms with Gasteiger partial charge in [0.05, 0.1) is 11.4 Å². The summed E-state index contributed by atoms with van der Waals surface area (Å²) in [6, 6.07) is 0. The minimum atomic E-state index is -0.0564. The van der Waals surface area contributed by atoms with Gasteiger partial charge in [-0.3, -0.25) is 9.56 Å². The molecule has 4 nitrogen and oxygen atoms in total. The number of allylic oxidation sites excluding steroid dienone is 1. The molecule has 2 rings (SSSR count). The number of nitrogens with zero attached hydrogens (tertiary/aromatic N) is 2. The second kappa shape index (κ2) is 3.88. The zero-order valence-electron chi connectivity index (χ0n) is 9.08. The summed E-state index contributed by atoms with van der Waals surface area (Å²) >= 11 is 0. The Morgan fingerprint density at radius 2 is 2.33 bits per heavy atom. The van der Waals surface area contributed by atoms with Gasteiger partial charge in [-0.25, -0.2) is 4.79 Å². The molecular formula is C11H15N3O. The van der Waals surface area contributed by atoms with Crippen molar-refractivity contribution >= 4 is 5.71 Å². The molecular weight excluding hydrogens is 190 g/mol. The predicted molar refractivity (Wildman–Crippen MR) is 60.3 cm³/mol. The number of fused-ring (bicyclic) bond motifs is 1. The van der Waals surface area contributed by atoms with Crippen LogP contribution in [0.25, 0.3) is 0 Å². The predicted octanol–water partition coefficient (Wildman–Crippen LogP) is 1.37. The van der Waals surface area contributed by atoms with Gasteiger partial charge in [0, 0.05) is 18.9 Å². The van der Waals surface area contributed by atoms with Crippen molar-refractivity contribution in [1.82, 2.24) is 9.55 Å². The smallest absolute Gasteiger partial charge is 0.304 e. The first-order valence-electron chi connectivity index (χ1n) is 5.18. The zero-order valence-corrected chi connectivity index (χ0v) is 9.08. The molecule has 1 aliphatic heterocycles. The summed E-state index contributed by atoms with van der Waals surface area (Å²) < 4.78 is 1.68. The van der Waals surface area contributed by atoms with Crippen LogP contribution in [0.3, 0.4) is 0 Å². The van der Waals surface area contributed by atoms with E-state index in [0.717, 1.165) is 36.4 Å². The second-order valence-electron chi connectivity index (χ2n) is 3.80. The Morgan fingerprint density at radius 1 is 1.53 bits per heavy atom. The van der Waals surface area contributed by atoms with Crippen LogP contribution in [-0.4, -0.2) is 15.3 Å². The Hall–Kier alpha value is -1.58. The van der Waals surface area contributed by atoms with Gasteiger partial charge >= 0.3 is 5.69 Å². The van der Waals surface area contributed by atoms with E-state index in [4.69, 9.17) is 0 Å². The minimum absolute atomic E-state index is 0.0564. The van der Waals surface area contributed by atoms with Crippen molar-refractivity contribution in [3.63, 3.8) is 0 Å². The molecule has 15 heavy (non-hydrogen) atoms. The lowest BCUT2D eigenvalue weighted by Gasteiger charge is -2.03. The molecule has 80 valence electrons. The summed E-state index contributed by atoms with van der Waals surface area (Å²) in [7, 11) is 1.80. The largest absolute Gasteiger partial charge is 0.325 e. The van der Waals surface area contributed by atoms with E-state index in [1.54, 1.807) is 11.6 Å². The van der Waals surface area contributed by atoms with Crippen LogP contribution >= 0.6 is 0 Å². The topological polar surface area (TPSA) is 50.1 Å². The van der Waals surface area contributed by atoms with Crippen LogP contribution < -0.4 is 5.69 Å². The van der Waals surface area contributed by atoms with Gasteiger partial charge in [-0.1, -0.05) is 6.08 Å². The van der Waals surface area contributed by atoms with Crippen molar-refractivity contribution in [2.75, 3.05) is 0 Å². The number of hydrogen-bond acceptors (Lipinski definition) is 2. The maximum absolute atomic E-state index is 11.5. The number of H-pyrrole nitrogens is 1. The molecule has 0 unspecified atom stereocenters. The third-order valence-electron chi connectivity index (χ3n) is 2.75. The molecule has 1 N–H and O–H groups in total. The van der Waals surface area contributed by atoms with E-state index in [9.17, 15) is 4.79 Å². The Bertz CT molecular complexity index is 477. The molecule has 0 spiro atoms. The number of aliphatic imine (C=N–C) groups is 1. The maximum Gasteiger partial charge on any atom is 0.325 e. The number of imidazole rings is 1. The Kier molecular flexibility index (Phi) is 2.58. The van der Waals surface area contributed by atoms with Crippen LogP contribution in [0.1, 0.15) is 31.2 Å². The molecule has 4 heteroatoms. The van der Waals surface area contributed by atoms with Gasteiger partial charge in [0.15, 0.2) is 0 Å². The molecule has 1 aromatic heterocycles. The SMILES string of the molecule is C/C1=N/C=C/CCCc2c1[nH]c(=O)n2C. The van der Waals surface area contributed by atoms with Gasteiger partial charge in [0.1, 0.15) is 0 Å². The lowest BCUT2D eigenvalue weighted by Crippen LogP contribution is -2.14. The van der Waals surface area contributed by atoms with Crippen LogP contribution in [0.2, 0.25) is 0 Å². The van der Waals surface area contributed by atoms with E-state index in [2.05, 4.69) is 16.1 Å². The molecule has 1 aromatic rings. The average molecular weight is 205 g/mol. The maximum atomic E-state index is 11.5. The van der Waals surface area contributed by atoms with Crippen LogP contribution in [0.15, 0.2) is 22.1 Å². The van der Waals surface area contributed by atoms with Gasteiger partial charge in [0.25, 0.3) is 0 Å². The highest BCUT2D eigenvalue weighted by atomic mass is 16.1. The minimum Gasteiger partial charge on any atom is -0.304 e. The van der Waals surface area contributed by atoms with Crippen molar-refractivity contribution in [3.8, 4) is 0 Å². The fourth-order valence-corrected chi connectivity index (χ4v) is 1.84. The van der Waals surface area contributed by atoms with E-state index in [1.165, 1.54) is 0 Å². The molecule has 0 saturated carbocycles. The second-order valence-corrected chi connectivity index (χ2v) is 3.80. The van der Waals surface area contributed by atoms with Crippen LogP contribution in [0.4, 0.5) is 0 Å². The van der Waals surface area contributed by atoms with Gasteiger partial charge in [0.2, 0.25) is 0 Å². The molecule has 0 saturated heterocycles. The highest BCUT2D eigenvalue weighted by Gasteiger charge is 2.13. The summed E-state index contributed by atoms with van der Waals surface area (Å²) in [5.74, 6) is 0. The Balaban J connectivity index is 2.58. The normalized spacial score (nSPS) is 21.9. The first kappa shape index (κ1) is 9.96. The van der Waals surface area contributed by atoms with Crippen LogP contribution in [0.5, 0.6) is 0 Å². The molecule has 1 aliphatic rings. The summed E-state index contributed by atoms with van der Waals surface area (Å²) in [4.78, 5) is 18.6. The van der Waals surface area contributed by atoms with Crippen molar-refractivity contribution in [2.24, 2.45) is 12.0 Å². The first-order valence-corrected chi connectivity index (χ1v) is 5.18. The monoisotopic (exact) mass is 205 g/mol. The average Bonchev–Trinajstić information content (AvgIpc) is 2.53. The summed E-state index contributed by atoms with van der Waals surface area (Å²) in [5.41, 5.74) is 2.76. The quantitative estimate of drug-likeness (QED) is 0.683. The van der Waals surface area contributed by atoms with Crippen molar-refractivity contribution in [3.05, 3.63) is 34.1 Å². The highest BCUT2D eigenvalue weighted by molar-refractivity contribution is 5.98. The Labute approximate surface area is 88.4 Å².